The highest BCUT2D eigenvalue weighted by atomic mass is 35.6. The predicted molar refractivity (Wildman–Crippen MR) is 77.1 cm³/mol. The molecule has 1 amide bonds. The van der Waals surface area contributed by atoms with E-state index in [0.29, 0.717) is 12.3 Å². The van der Waals surface area contributed by atoms with Crippen molar-refractivity contribution in [2.45, 2.75) is 49.5 Å². The van der Waals surface area contributed by atoms with E-state index in [0.717, 1.165) is 25.9 Å². The zero-order valence-corrected chi connectivity index (χ0v) is 13.2. The van der Waals surface area contributed by atoms with Gasteiger partial charge in [-0.15, -0.1) is 0 Å². The molecule has 1 aliphatic rings. The molecule has 0 saturated carbocycles. The van der Waals surface area contributed by atoms with Gasteiger partial charge in [-0.2, -0.15) is 0 Å². The molecule has 106 valence electrons. The highest BCUT2D eigenvalue weighted by Crippen LogP contribution is 2.33. The molecule has 18 heavy (non-hydrogen) atoms. The van der Waals surface area contributed by atoms with E-state index in [4.69, 9.17) is 34.8 Å². The Morgan fingerprint density at radius 3 is 2.22 bits per heavy atom. The van der Waals surface area contributed by atoms with Crippen LogP contribution in [0.15, 0.2) is 0 Å². The lowest BCUT2D eigenvalue weighted by Gasteiger charge is -2.38. The predicted octanol–water partition coefficient (Wildman–Crippen LogP) is 3.33. The van der Waals surface area contributed by atoms with Gasteiger partial charge in [0.2, 0.25) is 9.70 Å². The summed E-state index contributed by atoms with van der Waals surface area (Å²) in [6, 6.07) is 0. The van der Waals surface area contributed by atoms with Crippen LogP contribution in [0, 0.1) is 5.92 Å². The van der Waals surface area contributed by atoms with Crippen LogP contribution in [-0.4, -0.2) is 33.9 Å². The van der Waals surface area contributed by atoms with Gasteiger partial charge in [0.1, 0.15) is 6.17 Å². The number of carbonyl (C=O) groups is 1. The monoisotopic (exact) mass is 314 g/mol. The van der Waals surface area contributed by atoms with E-state index in [-0.39, 0.29) is 5.91 Å². The van der Waals surface area contributed by atoms with Crippen molar-refractivity contribution >= 4 is 40.7 Å². The minimum absolute atomic E-state index is 0.0631. The first-order chi connectivity index (χ1) is 8.30. The van der Waals surface area contributed by atoms with Gasteiger partial charge in [0.25, 0.3) is 0 Å². The number of amides is 1. The Bertz CT molecular complexity index is 273. The Labute approximate surface area is 124 Å². The Hall–Kier alpha value is 0.300. The first kappa shape index (κ1) is 16.4. The second-order valence-electron chi connectivity index (χ2n) is 5.21. The molecule has 0 aromatic carbocycles. The number of piperidine rings is 1. The van der Waals surface area contributed by atoms with Gasteiger partial charge in [0, 0.05) is 19.5 Å². The van der Waals surface area contributed by atoms with Crippen molar-refractivity contribution < 1.29 is 4.79 Å². The number of alkyl halides is 3. The normalized spacial score (nSPS) is 19.9. The fourth-order valence-electron chi connectivity index (χ4n) is 2.14. The average Bonchev–Trinajstić information content (AvgIpc) is 2.24. The molecule has 1 rings (SSSR count). The summed E-state index contributed by atoms with van der Waals surface area (Å²) in [7, 11) is 0. The lowest BCUT2D eigenvalue weighted by Crippen LogP contribution is -2.56. The van der Waals surface area contributed by atoms with Crippen molar-refractivity contribution in [3.63, 3.8) is 0 Å². The van der Waals surface area contributed by atoms with Gasteiger partial charge in [-0.1, -0.05) is 55.1 Å². The average molecular weight is 316 g/mol. The molecular weight excluding hydrogens is 295 g/mol. The van der Waals surface area contributed by atoms with Crippen LogP contribution in [0.1, 0.15) is 39.5 Å². The molecule has 6 heteroatoms. The van der Waals surface area contributed by atoms with E-state index in [1.807, 2.05) is 13.8 Å². The van der Waals surface area contributed by atoms with Crippen LogP contribution in [-0.2, 0) is 4.79 Å². The maximum absolute atomic E-state index is 11.8. The Balaban J connectivity index is 2.63. The van der Waals surface area contributed by atoms with E-state index in [1.165, 1.54) is 6.42 Å². The van der Waals surface area contributed by atoms with Gasteiger partial charge < -0.3 is 5.32 Å². The van der Waals surface area contributed by atoms with Gasteiger partial charge in [0.05, 0.1) is 0 Å². The van der Waals surface area contributed by atoms with Crippen LogP contribution in [0.5, 0.6) is 0 Å². The van der Waals surface area contributed by atoms with E-state index in [9.17, 15) is 4.79 Å². The quantitative estimate of drug-likeness (QED) is 0.807. The summed E-state index contributed by atoms with van der Waals surface area (Å²) in [6.07, 6.45) is 3.27. The number of hydrogen-bond donors (Lipinski definition) is 1. The van der Waals surface area contributed by atoms with E-state index in [1.54, 1.807) is 0 Å². The van der Waals surface area contributed by atoms with E-state index < -0.39 is 9.96 Å². The van der Waals surface area contributed by atoms with Crippen LogP contribution in [0.4, 0.5) is 0 Å². The van der Waals surface area contributed by atoms with Crippen LogP contribution in [0.2, 0.25) is 0 Å². The molecular formula is C12H21Cl3N2O. The van der Waals surface area contributed by atoms with Gasteiger partial charge in [-0.25, -0.2) is 0 Å². The zero-order valence-electron chi connectivity index (χ0n) is 10.9. The smallest absolute Gasteiger partial charge is 0.223 e. The molecule has 1 heterocycles. The van der Waals surface area contributed by atoms with Gasteiger partial charge in [0.15, 0.2) is 0 Å². The second-order valence-corrected chi connectivity index (χ2v) is 7.58. The van der Waals surface area contributed by atoms with E-state index >= 15 is 0 Å². The van der Waals surface area contributed by atoms with Crippen LogP contribution >= 0.6 is 34.8 Å². The number of likely N-dealkylation sites (tertiary alicyclic amines) is 1. The lowest BCUT2D eigenvalue weighted by molar-refractivity contribution is -0.123. The summed E-state index contributed by atoms with van der Waals surface area (Å²) in [6.45, 7) is 5.71. The van der Waals surface area contributed by atoms with Gasteiger partial charge >= 0.3 is 0 Å². The third-order valence-corrected chi connectivity index (χ3v) is 3.58. The SMILES string of the molecule is CC(C)CC(=O)NC(N1CCCCC1)C(Cl)(Cl)Cl. The number of carbonyl (C=O) groups excluding carboxylic acids is 1. The van der Waals surface area contributed by atoms with Crippen molar-refractivity contribution in [1.29, 1.82) is 0 Å². The number of rotatable bonds is 4. The molecule has 0 spiro atoms. The molecule has 0 aliphatic carbocycles. The molecule has 3 nitrogen and oxygen atoms in total. The minimum Gasteiger partial charge on any atom is -0.337 e. The molecule has 0 radical (unpaired) electrons. The zero-order chi connectivity index (χ0) is 13.8. The summed E-state index contributed by atoms with van der Waals surface area (Å²) in [5, 5.41) is 2.85. The fourth-order valence-corrected chi connectivity index (χ4v) is 2.72. The maximum Gasteiger partial charge on any atom is 0.223 e. The molecule has 1 atom stereocenters. The molecule has 1 unspecified atom stereocenters. The third-order valence-electron chi connectivity index (χ3n) is 2.96. The van der Waals surface area contributed by atoms with Crippen molar-refractivity contribution in [3.8, 4) is 0 Å². The maximum atomic E-state index is 11.8. The van der Waals surface area contributed by atoms with Crippen LogP contribution in [0.3, 0.4) is 0 Å². The highest BCUT2D eigenvalue weighted by Gasteiger charge is 2.38. The van der Waals surface area contributed by atoms with Crippen LogP contribution in [0.25, 0.3) is 0 Å². The Kier molecular flexibility index (Phi) is 6.52. The first-order valence-corrected chi connectivity index (χ1v) is 7.54. The molecule has 0 aromatic rings. The summed E-state index contributed by atoms with van der Waals surface area (Å²) >= 11 is 18.0. The number of nitrogens with one attached hydrogen (secondary N) is 1. The highest BCUT2D eigenvalue weighted by molar-refractivity contribution is 6.68. The third kappa shape index (κ3) is 5.52. The second kappa shape index (κ2) is 7.18. The Morgan fingerprint density at radius 2 is 1.78 bits per heavy atom. The molecule has 1 saturated heterocycles. The molecule has 0 aromatic heterocycles. The van der Waals surface area contributed by atoms with Crippen molar-refractivity contribution in [1.82, 2.24) is 10.2 Å². The van der Waals surface area contributed by atoms with Crippen molar-refractivity contribution in [2.24, 2.45) is 5.92 Å². The van der Waals surface area contributed by atoms with Gasteiger partial charge in [-0.3, -0.25) is 9.69 Å². The molecule has 0 bridgehead atoms. The fraction of sp³-hybridized carbons (Fsp3) is 0.917. The number of nitrogens with zero attached hydrogens (tertiary/aromatic N) is 1. The molecule has 1 aliphatic heterocycles. The Morgan fingerprint density at radius 1 is 1.22 bits per heavy atom. The largest absolute Gasteiger partial charge is 0.337 e. The first-order valence-electron chi connectivity index (χ1n) is 6.41. The summed E-state index contributed by atoms with van der Waals surface area (Å²) in [5.74, 6) is 0.231. The summed E-state index contributed by atoms with van der Waals surface area (Å²) in [5.41, 5.74) is 0. The summed E-state index contributed by atoms with van der Waals surface area (Å²) < 4.78 is -1.50. The number of hydrogen-bond acceptors (Lipinski definition) is 2. The summed E-state index contributed by atoms with van der Waals surface area (Å²) in [4.78, 5) is 13.9. The van der Waals surface area contributed by atoms with Crippen LogP contribution < -0.4 is 5.32 Å². The minimum atomic E-state index is -1.50. The van der Waals surface area contributed by atoms with Crippen molar-refractivity contribution in [3.05, 3.63) is 0 Å². The number of halogens is 3. The molecule has 1 fully saturated rings. The standard InChI is InChI=1S/C12H21Cl3N2O/c1-9(2)8-10(18)16-11(12(13,14)15)17-6-4-3-5-7-17/h9,11H,3-8H2,1-2H3,(H,16,18). The van der Waals surface area contributed by atoms with E-state index in [2.05, 4.69) is 10.2 Å². The lowest BCUT2D eigenvalue weighted by atomic mass is 10.1. The molecule has 1 N–H and O–H groups in total. The topological polar surface area (TPSA) is 32.3 Å². The van der Waals surface area contributed by atoms with Gasteiger partial charge in [-0.05, 0) is 18.8 Å². The van der Waals surface area contributed by atoms with Crippen molar-refractivity contribution in [2.75, 3.05) is 13.1 Å².